The third-order valence-corrected chi connectivity index (χ3v) is 6.24. The fourth-order valence-electron chi connectivity index (χ4n) is 4.30. The van der Waals surface area contributed by atoms with Crippen LogP contribution in [-0.4, -0.2) is 58.7 Å². The SMILES string of the molecule is CN(C)[C@@H]1CCN(c2cc(F)c(-c3ccc(O)nc3)cc2-n2cc(C(N)=O)c(C(F)(F)F)cc2=O)C1. The molecule has 1 aliphatic rings. The molecular weight excluding hydrogens is 482 g/mol. The smallest absolute Gasteiger partial charge is 0.417 e. The van der Waals surface area contributed by atoms with Crippen molar-refractivity contribution in [3.05, 3.63) is 70.0 Å². The number of carbonyl (C=O) groups excluding carboxylic acids is 1. The van der Waals surface area contributed by atoms with Crippen LogP contribution in [0.1, 0.15) is 22.3 Å². The second kappa shape index (κ2) is 9.26. The van der Waals surface area contributed by atoms with Gasteiger partial charge < -0.3 is 20.6 Å². The Hall–Kier alpha value is -3.93. The van der Waals surface area contributed by atoms with Crippen molar-refractivity contribution in [2.75, 3.05) is 32.1 Å². The standard InChI is InChI=1S/C24H23F4N5O3/c1-31(2)14-5-6-32(11-14)19-9-18(25)15(13-3-4-21(34)30-10-13)7-20(19)33-12-16(23(29)36)17(8-22(33)35)24(26,27)28/h3-4,7-10,12,14H,5-6,11H2,1-2H3,(H2,29,36)(H,30,34)/t14-/m1/s1. The van der Waals surface area contributed by atoms with Crippen LogP contribution < -0.4 is 16.2 Å². The molecule has 1 saturated heterocycles. The molecule has 0 radical (unpaired) electrons. The first-order valence-electron chi connectivity index (χ1n) is 10.9. The van der Waals surface area contributed by atoms with Crippen molar-refractivity contribution in [1.29, 1.82) is 0 Å². The zero-order valence-corrected chi connectivity index (χ0v) is 19.4. The van der Waals surface area contributed by atoms with Gasteiger partial charge in [-0.25, -0.2) is 9.37 Å². The molecule has 1 fully saturated rings. The Morgan fingerprint density at radius 1 is 1.19 bits per heavy atom. The van der Waals surface area contributed by atoms with Crippen molar-refractivity contribution < 1.29 is 27.5 Å². The van der Waals surface area contributed by atoms with Gasteiger partial charge in [0.05, 0.1) is 22.5 Å². The normalized spacial score (nSPS) is 16.1. The van der Waals surface area contributed by atoms with E-state index in [1.54, 1.807) is 0 Å². The van der Waals surface area contributed by atoms with Crippen LogP contribution in [0.25, 0.3) is 16.8 Å². The molecule has 1 aromatic carbocycles. The Balaban J connectivity index is 1.97. The van der Waals surface area contributed by atoms with Crippen LogP contribution in [0.5, 0.6) is 5.88 Å². The van der Waals surface area contributed by atoms with Crippen molar-refractivity contribution in [3.63, 3.8) is 0 Å². The first kappa shape index (κ1) is 25.2. The summed E-state index contributed by atoms with van der Waals surface area (Å²) in [6.07, 6.45) is -2.28. The molecule has 0 saturated carbocycles. The van der Waals surface area contributed by atoms with Gasteiger partial charge in [-0.1, -0.05) is 0 Å². The highest BCUT2D eigenvalue weighted by Gasteiger charge is 2.36. The van der Waals surface area contributed by atoms with E-state index in [4.69, 9.17) is 5.73 Å². The number of hydrogen-bond acceptors (Lipinski definition) is 6. The van der Waals surface area contributed by atoms with Crippen LogP contribution in [-0.2, 0) is 6.18 Å². The van der Waals surface area contributed by atoms with Crippen molar-refractivity contribution in [2.45, 2.75) is 18.6 Å². The highest BCUT2D eigenvalue weighted by molar-refractivity contribution is 5.94. The summed E-state index contributed by atoms with van der Waals surface area (Å²) in [4.78, 5) is 32.4. The Morgan fingerprint density at radius 3 is 2.47 bits per heavy atom. The van der Waals surface area contributed by atoms with E-state index in [2.05, 4.69) is 4.98 Å². The van der Waals surface area contributed by atoms with E-state index in [9.17, 15) is 27.9 Å². The van der Waals surface area contributed by atoms with Crippen LogP contribution >= 0.6 is 0 Å². The van der Waals surface area contributed by atoms with Gasteiger partial charge in [0.15, 0.2) is 0 Å². The number of rotatable bonds is 5. The summed E-state index contributed by atoms with van der Waals surface area (Å²) >= 11 is 0. The van der Waals surface area contributed by atoms with Crippen molar-refractivity contribution in [2.24, 2.45) is 5.73 Å². The molecule has 4 rings (SSSR count). The predicted molar refractivity (Wildman–Crippen MR) is 125 cm³/mol. The fraction of sp³-hybridized carbons (Fsp3) is 0.292. The second-order valence-electron chi connectivity index (χ2n) is 8.75. The number of nitrogens with two attached hydrogens (primary N) is 1. The molecular formula is C24H23F4N5O3. The van der Waals surface area contributed by atoms with Crippen LogP contribution in [0.3, 0.4) is 0 Å². The number of alkyl halides is 3. The number of aromatic hydroxyl groups is 1. The van der Waals surface area contributed by atoms with Crippen molar-refractivity contribution in [1.82, 2.24) is 14.5 Å². The Kier molecular flexibility index (Phi) is 6.48. The molecule has 36 heavy (non-hydrogen) atoms. The van der Waals surface area contributed by atoms with Crippen LogP contribution in [0.2, 0.25) is 0 Å². The minimum atomic E-state index is -4.98. The molecule has 1 aliphatic heterocycles. The molecule has 1 amide bonds. The number of halogens is 4. The van der Waals surface area contributed by atoms with Gasteiger partial charge in [0.25, 0.3) is 11.5 Å². The largest absolute Gasteiger partial charge is 0.493 e. The number of anilines is 1. The lowest BCUT2D eigenvalue weighted by Gasteiger charge is -2.26. The van der Waals surface area contributed by atoms with Crippen LogP contribution in [0, 0.1) is 5.82 Å². The topological polar surface area (TPSA) is 105 Å². The molecule has 3 aromatic rings. The Morgan fingerprint density at radius 2 is 1.92 bits per heavy atom. The summed E-state index contributed by atoms with van der Waals surface area (Å²) in [5, 5.41) is 9.48. The second-order valence-corrected chi connectivity index (χ2v) is 8.75. The summed E-state index contributed by atoms with van der Waals surface area (Å²) in [6, 6.07) is 5.60. The third kappa shape index (κ3) is 4.76. The average Bonchev–Trinajstić information content (AvgIpc) is 3.29. The minimum absolute atomic E-state index is 0.00275. The van der Waals surface area contributed by atoms with Gasteiger partial charge in [-0.15, -0.1) is 0 Å². The molecule has 12 heteroatoms. The lowest BCUT2D eigenvalue weighted by Crippen LogP contribution is -2.32. The quantitative estimate of drug-likeness (QED) is 0.517. The molecule has 0 aliphatic carbocycles. The van der Waals surface area contributed by atoms with Gasteiger partial charge in [-0.2, -0.15) is 13.2 Å². The van der Waals surface area contributed by atoms with E-state index in [1.807, 2.05) is 23.9 Å². The number of aromatic nitrogens is 2. The highest BCUT2D eigenvalue weighted by atomic mass is 19.4. The lowest BCUT2D eigenvalue weighted by atomic mass is 10.0. The number of carbonyl (C=O) groups is 1. The summed E-state index contributed by atoms with van der Waals surface area (Å²) in [6.45, 7) is 0.991. The lowest BCUT2D eigenvalue weighted by molar-refractivity contribution is -0.138. The maximum atomic E-state index is 15.3. The first-order chi connectivity index (χ1) is 16.9. The van der Waals surface area contributed by atoms with E-state index >= 15 is 4.39 Å². The molecule has 190 valence electrons. The van der Waals surface area contributed by atoms with Crippen LogP contribution in [0.15, 0.2) is 47.5 Å². The van der Waals surface area contributed by atoms with Gasteiger partial charge >= 0.3 is 6.18 Å². The fourth-order valence-corrected chi connectivity index (χ4v) is 4.30. The summed E-state index contributed by atoms with van der Waals surface area (Å²) in [5.74, 6) is -2.31. The van der Waals surface area contributed by atoms with Gasteiger partial charge in [0, 0.05) is 54.8 Å². The van der Waals surface area contributed by atoms with E-state index in [1.165, 1.54) is 30.5 Å². The first-order valence-corrected chi connectivity index (χ1v) is 10.9. The maximum absolute atomic E-state index is 15.3. The number of amides is 1. The molecule has 0 bridgehead atoms. The van der Waals surface area contributed by atoms with Gasteiger partial charge in [0.1, 0.15) is 5.82 Å². The monoisotopic (exact) mass is 505 g/mol. The number of hydrogen-bond donors (Lipinski definition) is 2. The summed E-state index contributed by atoms with van der Waals surface area (Å²) in [7, 11) is 3.80. The molecule has 3 heterocycles. The number of nitrogens with zero attached hydrogens (tertiary/aromatic N) is 4. The minimum Gasteiger partial charge on any atom is -0.493 e. The molecule has 0 spiro atoms. The predicted octanol–water partition coefficient (Wildman–Crippen LogP) is 3.00. The molecule has 0 unspecified atom stereocenters. The Bertz CT molecular complexity index is 1370. The van der Waals surface area contributed by atoms with E-state index < -0.39 is 34.6 Å². The zero-order valence-electron chi connectivity index (χ0n) is 19.4. The third-order valence-electron chi connectivity index (χ3n) is 6.24. The number of benzene rings is 1. The average molecular weight is 505 g/mol. The van der Waals surface area contributed by atoms with Crippen molar-refractivity contribution in [3.8, 4) is 22.7 Å². The Labute approximate surface area is 203 Å². The van der Waals surface area contributed by atoms with E-state index in [0.29, 0.717) is 19.2 Å². The number of likely N-dealkylation sites (N-methyl/N-ethyl adjacent to an activating group) is 1. The molecule has 3 N–H and O–H groups in total. The van der Waals surface area contributed by atoms with Crippen LogP contribution in [0.4, 0.5) is 23.2 Å². The van der Waals surface area contributed by atoms with Gasteiger partial charge in [-0.3, -0.25) is 14.2 Å². The molecule has 2 aromatic heterocycles. The highest BCUT2D eigenvalue weighted by Crippen LogP contribution is 2.36. The maximum Gasteiger partial charge on any atom is 0.417 e. The molecule has 1 atom stereocenters. The van der Waals surface area contributed by atoms with E-state index in [-0.39, 0.29) is 34.4 Å². The number of pyridine rings is 2. The summed E-state index contributed by atoms with van der Waals surface area (Å²) in [5.41, 5.74) is 2.41. The van der Waals surface area contributed by atoms with Gasteiger partial charge in [-0.05, 0) is 38.7 Å². The summed E-state index contributed by atoms with van der Waals surface area (Å²) < 4.78 is 56.7. The van der Waals surface area contributed by atoms with E-state index in [0.717, 1.165) is 17.2 Å². The zero-order chi connectivity index (χ0) is 26.4. The number of primary amides is 1. The molecule has 8 nitrogen and oxygen atoms in total. The van der Waals surface area contributed by atoms with Crippen molar-refractivity contribution >= 4 is 11.6 Å². The van der Waals surface area contributed by atoms with Gasteiger partial charge in [0.2, 0.25) is 5.88 Å².